The van der Waals surface area contributed by atoms with Crippen molar-refractivity contribution in [3.8, 4) is 5.75 Å². The van der Waals surface area contributed by atoms with E-state index in [4.69, 9.17) is 10.5 Å². The van der Waals surface area contributed by atoms with Crippen LogP contribution in [0, 0.1) is 6.92 Å². The molecule has 3 nitrogen and oxygen atoms in total. The number of pyridine rings is 1. The van der Waals surface area contributed by atoms with Gasteiger partial charge in [0.2, 0.25) is 0 Å². The van der Waals surface area contributed by atoms with E-state index >= 15 is 0 Å². The van der Waals surface area contributed by atoms with Crippen molar-refractivity contribution in [2.45, 2.75) is 38.1 Å². The molecule has 0 amide bonds. The lowest BCUT2D eigenvalue weighted by Gasteiger charge is -2.30. The van der Waals surface area contributed by atoms with Crippen molar-refractivity contribution < 1.29 is 4.74 Å². The van der Waals surface area contributed by atoms with Gasteiger partial charge in [0.05, 0.1) is 7.11 Å². The molecule has 2 aromatic rings. The number of methoxy groups -OCH3 is 1. The van der Waals surface area contributed by atoms with Gasteiger partial charge in [0.25, 0.3) is 0 Å². The number of rotatable bonds is 3. The van der Waals surface area contributed by atoms with Gasteiger partial charge in [0.15, 0.2) is 0 Å². The van der Waals surface area contributed by atoms with E-state index in [1.807, 2.05) is 18.3 Å². The largest absolute Gasteiger partial charge is 0.496 e. The van der Waals surface area contributed by atoms with Crippen LogP contribution >= 0.6 is 0 Å². The molecule has 0 aliphatic heterocycles. The third-order valence-electron chi connectivity index (χ3n) is 4.42. The van der Waals surface area contributed by atoms with Gasteiger partial charge in [-0.2, -0.15) is 0 Å². The van der Waals surface area contributed by atoms with Crippen LogP contribution in [0.25, 0.3) is 0 Å². The highest BCUT2D eigenvalue weighted by Gasteiger charge is 2.29. The summed E-state index contributed by atoms with van der Waals surface area (Å²) < 4.78 is 5.50. The Balaban J connectivity index is 2.00. The van der Waals surface area contributed by atoms with Crippen molar-refractivity contribution in [2.75, 3.05) is 7.11 Å². The van der Waals surface area contributed by atoms with Gasteiger partial charge >= 0.3 is 0 Å². The number of nitrogens with zero attached hydrogens (tertiary/aromatic N) is 1. The Hall–Kier alpha value is -1.87. The van der Waals surface area contributed by atoms with Crippen LogP contribution in [0.2, 0.25) is 0 Å². The standard InChI is InChI=1S/C18H22N2O/c1-12-8-9-16(21-2)15(11-12)17(19)14-7-3-5-13-6-4-10-20-18(13)14/h4,6,8-11,14,17H,3,5,7,19H2,1-2H3. The Kier molecular flexibility index (Phi) is 3.93. The highest BCUT2D eigenvalue weighted by Crippen LogP contribution is 2.40. The molecule has 2 N–H and O–H groups in total. The minimum Gasteiger partial charge on any atom is -0.496 e. The van der Waals surface area contributed by atoms with Crippen LogP contribution in [0.4, 0.5) is 0 Å². The first-order chi connectivity index (χ1) is 10.2. The van der Waals surface area contributed by atoms with E-state index in [-0.39, 0.29) is 12.0 Å². The summed E-state index contributed by atoms with van der Waals surface area (Å²) in [4.78, 5) is 4.60. The van der Waals surface area contributed by atoms with Gasteiger partial charge in [-0.1, -0.05) is 23.8 Å². The predicted molar refractivity (Wildman–Crippen MR) is 84.6 cm³/mol. The summed E-state index contributed by atoms with van der Waals surface area (Å²) >= 11 is 0. The van der Waals surface area contributed by atoms with Gasteiger partial charge in [-0.25, -0.2) is 0 Å². The fourth-order valence-electron chi connectivity index (χ4n) is 3.33. The maximum absolute atomic E-state index is 6.61. The number of hydrogen-bond donors (Lipinski definition) is 1. The Morgan fingerprint density at radius 2 is 2.19 bits per heavy atom. The van der Waals surface area contributed by atoms with Crippen LogP contribution in [0.1, 0.15) is 47.2 Å². The maximum Gasteiger partial charge on any atom is 0.123 e. The molecular formula is C18H22N2O. The van der Waals surface area contributed by atoms with E-state index in [1.165, 1.54) is 23.2 Å². The van der Waals surface area contributed by atoms with Crippen molar-refractivity contribution in [3.63, 3.8) is 0 Å². The third-order valence-corrected chi connectivity index (χ3v) is 4.42. The molecule has 110 valence electrons. The summed E-state index contributed by atoms with van der Waals surface area (Å²) in [5.74, 6) is 1.14. The summed E-state index contributed by atoms with van der Waals surface area (Å²) in [6, 6.07) is 10.3. The van der Waals surface area contributed by atoms with Crippen molar-refractivity contribution in [1.82, 2.24) is 4.98 Å². The van der Waals surface area contributed by atoms with Gasteiger partial charge in [0.1, 0.15) is 5.75 Å². The molecule has 1 aromatic heterocycles. The second-order valence-electron chi connectivity index (χ2n) is 5.82. The van der Waals surface area contributed by atoms with Gasteiger partial charge in [-0.05, 0) is 43.9 Å². The highest BCUT2D eigenvalue weighted by atomic mass is 16.5. The van der Waals surface area contributed by atoms with E-state index in [0.717, 1.165) is 24.2 Å². The van der Waals surface area contributed by atoms with E-state index in [9.17, 15) is 0 Å². The van der Waals surface area contributed by atoms with E-state index < -0.39 is 0 Å². The first-order valence-corrected chi connectivity index (χ1v) is 7.54. The minimum atomic E-state index is -0.0752. The fraction of sp³-hybridized carbons (Fsp3) is 0.389. The fourth-order valence-corrected chi connectivity index (χ4v) is 3.33. The molecule has 1 aliphatic carbocycles. The van der Waals surface area contributed by atoms with Crippen molar-refractivity contribution in [1.29, 1.82) is 0 Å². The first kappa shape index (κ1) is 14.1. The summed E-state index contributed by atoms with van der Waals surface area (Å²) in [5, 5.41) is 0. The van der Waals surface area contributed by atoms with Crippen LogP contribution in [-0.2, 0) is 6.42 Å². The number of nitrogens with two attached hydrogens (primary N) is 1. The Morgan fingerprint density at radius 1 is 1.33 bits per heavy atom. The second-order valence-corrected chi connectivity index (χ2v) is 5.82. The molecule has 3 heteroatoms. The number of aromatic nitrogens is 1. The molecule has 2 unspecified atom stereocenters. The number of hydrogen-bond acceptors (Lipinski definition) is 3. The van der Waals surface area contributed by atoms with E-state index in [2.05, 4.69) is 30.1 Å². The Morgan fingerprint density at radius 3 is 3.00 bits per heavy atom. The second kappa shape index (κ2) is 5.86. The molecule has 2 atom stereocenters. The lowest BCUT2D eigenvalue weighted by molar-refractivity contribution is 0.393. The highest BCUT2D eigenvalue weighted by molar-refractivity contribution is 5.41. The topological polar surface area (TPSA) is 48.1 Å². The zero-order chi connectivity index (χ0) is 14.8. The van der Waals surface area contributed by atoms with Gasteiger partial charge in [0, 0.05) is 29.4 Å². The van der Waals surface area contributed by atoms with Gasteiger partial charge < -0.3 is 10.5 Å². The normalized spacial score (nSPS) is 18.9. The molecular weight excluding hydrogens is 260 g/mol. The first-order valence-electron chi connectivity index (χ1n) is 7.54. The number of benzene rings is 1. The number of ether oxygens (including phenoxy) is 1. The molecule has 0 radical (unpaired) electrons. The molecule has 1 heterocycles. The monoisotopic (exact) mass is 282 g/mol. The molecule has 3 rings (SSSR count). The maximum atomic E-state index is 6.61. The number of fused-ring (bicyclic) bond motifs is 1. The van der Waals surface area contributed by atoms with E-state index in [1.54, 1.807) is 7.11 Å². The lowest BCUT2D eigenvalue weighted by atomic mass is 9.79. The Labute approximate surface area is 126 Å². The molecule has 21 heavy (non-hydrogen) atoms. The van der Waals surface area contributed by atoms with Crippen LogP contribution in [-0.4, -0.2) is 12.1 Å². The quantitative estimate of drug-likeness (QED) is 0.937. The minimum absolute atomic E-state index is 0.0752. The predicted octanol–water partition coefficient (Wildman–Crippen LogP) is 3.52. The molecule has 0 bridgehead atoms. The average Bonchev–Trinajstić information content (AvgIpc) is 2.53. The van der Waals surface area contributed by atoms with Crippen LogP contribution in [0.3, 0.4) is 0 Å². The molecule has 0 saturated heterocycles. The third kappa shape index (κ3) is 2.66. The summed E-state index contributed by atoms with van der Waals surface area (Å²) in [7, 11) is 1.70. The van der Waals surface area contributed by atoms with Crippen LogP contribution in [0.5, 0.6) is 5.75 Å². The zero-order valence-electron chi connectivity index (χ0n) is 12.7. The number of aryl methyl sites for hydroxylation is 2. The molecule has 0 saturated carbocycles. The van der Waals surface area contributed by atoms with Gasteiger partial charge in [-0.3, -0.25) is 4.98 Å². The van der Waals surface area contributed by atoms with Crippen molar-refractivity contribution in [3.05, 3.63) is 58.9 Å². The van der Waals surface area contributed by atoms with Crippen molar-refractivity contribution >= 4 is 0 Å². The SMILES string of the molecule is COc1ccc(C)cc1C(N)C1CCCc2cccnc21. The van der Waals surface area contributed by atoms with Crippen LogP contribution < -0.4 is 10.5 Å². The summed E-state index contributed by atoms with van der Waals surface area (Å²) in [5.41, 5.74) is 11.4. The lowest BCUT2D eigenvalue weighted by Crippen LogP contribution is -2.25. The zero-order valence-corrected chi connectivity index (χ0v) is 12.7. The van der Waals surface area contributed by atoms with Crippen molar-refractivity contribution in [2.24, 2.45) is 5.73 Å². The summed E-state index contributed by atoms with van der Waals surface area (Å²) in [6.45, 7) is 2.09. The summed E-state index contributed by atoms with van der Waals surface area (Å²) in [6.07, 6.45) is 5.24. The molecule has 0 spiro atoms. The smallest absolute Gasteiger partial charge is 0.123 e. The van der Waals surface area contributed by atoms with E-state index in [0.29, 0.717) is 0 Å². The van der Waals surface area contributed by atoms with Crippen LogP contribution in [0.15, 0.2) is 36.5 Å². The molecule has 1 aliphatic rings. The molecule has 1 aromatic carbocycles. The molecule has 0 fully saturated rings. The average molecular weight is 282 g/mol. The van der Waals surface area contributed by atoms with Gasteiger partial charge in [-0.15, -0.1) is 0 Å². The Bertz CT molecular complexity index is 639.